The molecule has 0 bridgehead atoms. The van der Waals surface area contributed by atoms with Gasteiger partial charge in [-0.1, -0.05) is 24.3 Å². The summed E-state index contributed by atoms with van der Waals surface area (Å²) in [6.45, 7) is 1.11. The van der Waals surface area contributed by atoms with E-state index in [-0.39, 0.29) is 17.6 Å². The molecule has 0 radical (unpaired) electrons. The molecule has 0 aromatic heterocycles. The van der Waals surface area contributed by atoms with E-state index in [1.807, 2.05) is 18.2 Å². The van der Waals surface area contributed by atoms with Crippen LogP contribution in [-0.2, 0) is 20.7 Å². The number of nitro benzene ring substituents is 1. The highest BCUT2D eigenvalue weighted by Gasteiger charge is 2.25. The Kier molecular flexibility index (Phi) is 6.43. The second kappa shape index (κ2) is 9.18. The van der Waals surface area contributed by atoms with Gasteiger partial charge in [0.2, 0.25) is 0 Å². The Balaban J connectivity index is 1.48. The Labute approximate surface area is 168 Å². The second-order valence-electron chi connectivity index (χ2n) is 6.82. The van der Waals surface area contributed by atoms with Crippen LogP contribution in [0.25, 0.3) is 0 Å². The van der Waals surface area contributed by atoms with Crippen LogP contribution in [0.4, 0.5) is 5.69 Å². The Hall–Kier alpha value is -3.42. The molecule has 1 aliphatic carbocycles. The predicted molar refractivity (Wildman–Crippen MR) is 104 cm³/mol. The highest BCUT2D eigenvalue weighted by Crippen LogP contribution is 2.29. The molecule has 8 nitrogen and oxygen atoms in total. The lowest BCUT2D eigenvalue weighted by atomic mass is 9.87. The van der Waals surface area contributed by atoms with E-state index in [9.17, 15) is 19.7 Å². The fourth-order valence-corrected chi connectivity index (χ4v) is 3.28. The Morgan fingerprint density at radius 3 is 2.66 bits per heavy atom. The van der Waals surface area contributed by atoms with Crippen molar-refractivity contribution < 1.29 is 24.0 Å². The molecule has 0 heterocycles. The topological polar surface area (TPSA) is 108 Å². The maximum Gasteiger partial charge on any atom is 0.344 e. The van der Waals surface area contributed by atoms with Crippen LogP contribution in [0.3, 0.4) is 0 Å². The third-order valence-corrected chi connectivity index (χ3v) is 4.77. The maximum atomic E-state index is 12.4. The van der Waals surface area contributed by atoms with E-state index in [4.69, 9.17) is 9.47 Å². The van der Waals surface area contributed by atoms with Gasteiger partial charge in [-0.15, -0.1) is 0 Å². The molecule has 0 fully saturated rings. The van der Waals surface area contributed by atoms with Crippen LogP contribution in [0.2, 0.25) is 0 Å². The summed E-state index contributed by atoms with van der Waals surface area (Å²) in [6.07, 6.45) is 1.86. The first-order valence-corrected chi connectivity index (χ1v) is 9.39. The fraction of sp³-hybridized carbons (Fsp3) is 0.333. The number of rotatable bonds is 7. The molecular formula is C21H22N2O6. The van der Waals surface area contributed by atoms with E-state index in [0.29, 0.717) is 5.75 Å². The number of hydrogen-bond acceptors (Lipinski definition) is 6. The number of benzene rings is 2. The summed E-state index contributed by atoms with van der Waals surface area (Å²) in [6, 6.07) is 13.2. The van der Waals surface area contributed by atoms with E-state index >= 15 is 0 Å². The lowest BCUT2D eigenvalue weighted by Crippen LogP contribution is -2.39. The van der Waals surface area contributed by atoms with Crippen molar-refractivity contribution in [3.05, 3.63) is 69.8 Å². The van der Waals surface area contributed by atoms with E-state index in [0.717, 1.165) is 24.8 Å². The van der Waals surface area contributed by atoms with Crippen LogP contribution in [0.15, 0.2) is 48.5 Å². The monoisotopic (exact) mass is 398 g/mol. The van der Waals surface area contributed by atoms with E-state index < -0.39 is 23.6 Å². The third kappa shape index (κ3) is 5.31. The molecule has 0 saturated heterocycles. The van der Waals surface area contributed by atoms with Crippen molar-refractivity contribution in [2.24, 2.45) is 0 Å². The quantitative estimate of drug-likeness (QED) is 0.436. The molecule has 0 aliphatic heterocycles. The zero-order valence-corrected chi connectivity index (χ0v) is 16.0. The van der Waals surface area contributed by atoms with Crippen molar-refractivity contribution in [3.63, 3.8) is 0 Å². The van der Waals surface area contributed by atoms with Gasteiger partial charge in [0.25, 0.3) is 11.6 Å². The molecular weight excluding hydrogens is 376 g/mol. The summed E-state index contributed by atoms with van der Waals surface area (Å²) < 4.78 is 10.4. The first-order valence-electron chi connectivity index (χ1n) is 9.39. The number of esters is 1. The molecule has 1 N–H and O–H groups in total. The van der Waals surface area contributed by atoms with Crippen molar-refractivity contribution in [1.82, 2.24) is 5.32 Å². The number of amides is 1. The number of ether oxygens (including phenoxy) is 2. The van der Waals surface area contributed by atoms with Gasteiger partial charge in [-0.3, -0.25) is 14.9 Å². The molecule has 2 aromatic carbocycles. The lowest BCUT2D eigenvalue weighted by Gasteiger charge is -2.27. The first kappa shape index (κ1) is 20.3. The second-order valence-corrected chi connectivity index (χ2v) is 6.82. The fourth-order valence-electron chi connectivity index (χ4n) is 3.28. The van der Waals surface area contributed by atoms with Gasteiger partial charge in [0.05, 0.1) is 11.0 Å². The molecule has 152 valence electrons. The van der Waals surface area contributed by atoms with Gasteiger partial charge >= 0.3 is 5.97 Å². The van der Waals surface area contributed by atoms with E-state index in [1.165, 1.54) is 36.8 Å². The molecule has 3 rings (SSSR count). The van der Waals surface area contributed by atoms with Crippen molar-refractivity contribution in [2.75, 3.05) is 6.61 Å². The number of fused-ring (bicyclic) bond motifs is 1. The summed E-state index contributed by atoms with van der Waals surface area (Å²) >= 11 is 0. The van der Waals surface area contributed by atoms with Crippen molar-refractivity contribution in [2.45, 2.75) is 38.3 Å². The van der Waals surface area contributed by atoms with Crippen molar-refractivity contribution in [3.8, 4) is 5.75 Å². The number of aryl methyl sites for hydroxylation is 1. The Morgan fingerprint density at radius 2 is 1.93 bits per heavy atom. The molecule has 1 aliphatic rings. The number of nitrogens with zero attached hydrogens (tertiary/aromatic N) is 1. The summed E-state index contributed by atoms with van der Waals surface area (Å²) in [4.78, 5) is 34.5. The maximum absolute atomic E-state index is 12.4. The van der Waals surface area contributed by atoms with Gasteiger partial charge in [0, 0.05) is 12.1 Å². The highest BCUT2D eigenvalue weighted by molar-refractivity contribution is 5.84. The molecule has 0 spiro atoms. The number of nitro groups is 1. The summed E-state index contributed by atoms with van der Waals surface area (Å²) in [5.41, 5.74) is 2.26. The van der Waals surface area contributed by atoms with Crippen LogP contribution < -0.4 is 10.1 Å². The number of nitrogens with one attached hydrogen (secondary N) is 1. The minimum absolute atomic E-state index is 0.0745. The summed E-state index contributed by atoms with van der Waals surface area (Å²) in [5, 5.41) is 13.6. The molecule has 0 unspecified atom stereocenters. The predicted octanol–water partition coefficient (Wildman–Crippen LogP) is 3.10. The largest absolute Gasteiger partial charge is 0.482 e. The molecule has 8 heteroatoms. The molecule has 2 atom stereocenters. The van der Waals surface area contributed by atoms with Gasteiger partial charge in [0.1, 0.15) is 5.75 Å². The standard InChI is InChI=1S/C21H22N2O6/c1-14(21(25)22-19-8-4-6-15-5-2-3-7-18(15)19)29-20(24)13-28-17-11-9-16(10-12-17)23(26)27/h2-3,5,7,9-12,14,19H,4,6,8,13H2,1H3,(H,22,25)/t14-,19-/m1/s1. The van der Waals surface area contributed by atoms with Crippen LogP contribution in [-0.4, -0.2) is 29.5 Å². The Morgan fingerprint density at radius 1 is 1.21 bits per heavy atom. The van der Waals surface area contributed by atoms with Gasteiger partial charge in [-0.25, -0.2) is 4.79 Å². The Bertz CT molecular complexity index is 896. The zero-order valence-electron chi connectivity index (χ0n) is 16.0. The highest BCUT2D eigenvalue weighted by atomic mass is 16.6. The third-order valence-electron chi connectivity index (χ3n) is 4.77. The van der Waals surface area contributed by atoms with Crippen molar-refractivity contribution >= 4 is 17.6 Å². The van der Waals surface area contributed by atoms with Gasteiger partial charge in [0.15, 0.2) is 12.7 Å². The van der Waals surface area contributed by atoms with E-state index in [2.05, 4.69) is 11.4 Å². The first-order chi connectivity index (χ1) is 13.9. The molecule has 29 heavy (non-hydrogen) atoms. The number of carbonyl (C=O) groups is 2. The zero-order chi connectivity index (χ0) is 20.8. The van der Waals surface area contributed by atoms with Crippen LogP contribution >= 0.6 is 0 Å². The summed E-state index contributed by atoms with van der Waals surface area (Å²) in [7, 11) is 0. The lowest BCUT2D eigenvalue weighted by molar-refractivity contribution is -0.384. The average Bonchev–Trinajstić information content (AvgIpc) is 2.72. The van der Waals surface area contributed by atoms with Gasteiger partial charge in [-0.2, -0.15) is 0 Å². The number of hydrogen-bond donors (Lipinski definition) is 1. The van der Waals surface area contributed by atoms with Crippen LogP contribution in [0.1, 0.15) is 36.9 Å². The van der Waals surface area contributed by atoms with Crippen LogP contribution in [0.5, 0.6) is 5.75 Å². The summed E-state index contributed by atoms with van der Waals surface area (Å²) in [5.74, 6) is -0.770. The number of carbonyl (C=O) groups excluding carboxylic acids is 2. The number of non-ortho nitro benzene ring substituents is 1. The minimum atomic E-state index is -0.961. The SMILES string of the molecule is C[C@@H](OC(=O)COc1ccc([N+](=O)[O-])cc1)C(=O)N[C@@H]1CCCc2ccccc21. The normalized spacial score (nSPS) is 16.2. The van der Waals surface area contributed by atoms with Gasteiger partial charge in [-0.05, 0) is 49.4 Å². The molecule has 1 amide bonds. The van der Waals surface area contributed by atoms with E-state index in [1.54, 1.807) is 0 Å². The van der Waals surface area contributed by atoms with Crippen LogP contribution in [0, 0.1) is 10.1 Å². The minimum Gasteiger partial charge on any atom is -0.482 e. The van der Waals surface area contributed by atoms with Gasteiger partial charge < -0.3 is 14.8 Å². The molecule has 0 saturated carbocycles. The smallest absolute Gasteiger partial charge is 0.344 e. The van der Waals surface area contributed by atoms with Crippen molar-refractivity contribution in [1.29, 1.82) is 0 Å². The molecule has 2 aromatic rings. The average molecular weight is 398 g/mol.